The third-order valence-corrected chi connectivity index (χ3v) is 3.82. The van der Waals surface area contributed by atoms with Gasteiger partial charge in [-0.2, -0.15) is 0 Å². The summed E-state index contributed by atoms with van der Waals surface area (Å²) in [6.45, 7) is 6.45. The highest BCUT2D eigenvalue weighted by atomic mass is 16.5. The van der Waals surface area contributed by atoms with Crippen LogP contribution in [0.5, 0.6) is 5.75 Å². The predicted molar refractivity (Wildman–Crippen MR) is 96.9 cm³/mol. The van der Waals surface area contributed by atoms with Crippen molar-refractivity contribution in [2.24, 2.45) is 5.92 Å². The molecule has 2 aromatic rings. The number of esters is 2. The molecule has 0 saturated carbocycles. The van der Waals surface area contributed by atoms with Gasteiger partial charge in [0.1, 0.15) is 5.75 Å². The van der Waals surface area contributed by atoms with Crippen LogP contribution in [0.4, 0.5) is 0 Å². The van der Waals surface area contributed by atoms with E-state index >= 15 is 0 Å². The molecule has 0 fully saturated rings. The van der Waals surface area contributed by atoms with Crippen molar-refractivity contribution in [3.05, 3.63) is 65.2 Å². The predicted octanol–water partition coefficient (Wildman–Crippen LogP) is 4.81. The van der Waals surface area contributed by atoms with Crippen molar-refractivity contribution in [3.63, 3.8) is 0 Å². The van der Waals surface area contributed by atoms with Gasteiger partial charge in [-0.15, -0.1) is 0 Å². The molecule has 0 amide bonds. The molecule has 4 heteroatoms. The summed E-state index contributed by atoms with van der Waals surface area (Å²) >= 11 is 0. The number of ether oxygens (including phenoxy) is 2. The Morgan fingerprint density at radius 1 is 0.920 bits per heavy atom. The van der Waals surface area contributed by atoms with Crippen LogP contribution in [0.3, 0.4) is 0 Å². The van der Waals surface area contributed by atoms with Crippen molar-refractivity contribution in [2.45, 2.75) is 33.6 Å². The lowest BCUT2D eigenvalue weighted by Gasteiger charge is -2.11. The standard InChI is InChI=1S/C21H24O4/c1-15(2)9-8-14-24-20(22)17-11-5-6-12-18(17)21(23)25-19-13-7-4-10-16(19)3/h4-7,10-13,15H,8-9,14H2,1-3H3. The van der Waals surface area contributed by atoms with Gasteiger partial charge >= 0.3 is 11.9 Å². The van der Waals surface area contributed by atoms with E-state index in [0.717, 1.165) is 18.4 Å². The average molecular weight is 340 g/mol. The maximum atomic E-state index is 12.5. The second kappa shape index (κ2) is 9.02. The molecule has 0 unspecified atom stereocenters. The van der Waals surface area contributed by atoms with Crippen molar-refractivity contribution in [1.82, 2.24) is 0 Å². The highest BCUT2D eigenvalue weighted by Gasteiger charge is 2.20. The van der Waals surface area contributed by atoms with Crippen LogP contribution in [0, 0.1) is 12.8 Å². The monoisotopic (exact) mass is 340 g/mol. The Balaban J connectivity index is 2.07. The summed E-state index contributed by atoms with van der Waals surface area (Å²) in [6, 6.07) is 13.8. The minimum Gasteiger partial charge on any atom is -0.462 e. The Bertz CT molecular complexity index is 734. The molecule has 0 aliphatic carbocycles. The lowest BCUT2D eigenvalue weighted by Crippen LogP contribution is -2.16. The largest absolute Gasteiger partial charge is 0.462 e. The number of carbonyl (C=O) groups excluding carboxylic acids is 2. The van der Waals surface area contributed by atoms with Crippen molar-refractivity contribution in [2.75, 3.05) is 6.61 Å². The quantitative estimate of drug-likeness (QED) is 0.412. The first kappa shape index (κ1) is 18.7. The molecule has 0 aliphatic heterocycles. The van der Waals surface area contributed by atoms with Crippen LogP contribution in [-0.2, 0) is 4.74 Å². The van der Waals surface area contributed by atoms with Crippen LogP contribution in [0.15, 0.2) is 48.5 Å². The highest BCUT2D eigenvalue weighted by Crippen LogP contribution is 2.19. The van der Waals surface area contributed by atoms with Gasteiger partial charge in [0.05, 0.1) is 17.7 Å². The molecule has 0 atom stereocenters. The van der Waals surface area contributed by atoms with Gasteiger partial charge in [-0.1, -0.05) is 44.2 Å². The zero-order chi connectivity index (χ0) is 18.2. The zero-order valence-electron chi connectivity index (χ0n) is 15.0. The first-order valence-corrected chi connectivity index (χ1v) is 8.53. The Morgan fingerprint density at radius 3 is 2.16 bits per heavy atom. The van der Waals surface area contributed by atoms with Gasteiger partial charge in [-0.3, -0.25) is 0 Å². The maximum absolute atomic E-state index is 12.5. The molecule has 2 rings (SSSR count). The van der Waals surface area contributed by atoms with E-state index in [2.05, 4.69) is 13.8 Å². The number of rotatable bonds is 7. The highest BCUT2D eigenvalue weighted by molar-refractivity contribution is 6.03. The molecule has 0 aromatic heterocycles. The Kier molecular flexibility index (Phi) is 6.75. The summed E-state index contributed by atoms with van der Waals surface area (Å²) in [6.07, 6.45) is 1.80. The fraction of sp³-hybridized carbons (Fsp3) is 0.333. The number of hydrogen-bond donors (Lipinski definition) is 0. The second-order valence-electron chi connectivity index (χ2n) is 6.37. The van der Waals surface area contributed by atoms with Gasteiger partial charge in [0.25, 0.3) is 0 Å². The lowest BCUT2D eigenvalue weighted by molar-refractivity contribution is 0.0486. The third-order valence-electron chi connectivity index (χ3n) is 3.82. The van der Waals surface area contributed by atoms with E-state index in [-0.39, 0.29) is 11.1 Å². The van der Waals surface area contributed by atoms with Crippen LogP contribution in [0.1, 0.15) is 53.0 Å². The van der Waals surface area contributed by atoms with Crippen molar-refractivity contribution < 1.29 is 19.1 Å². The van der Waals surface area contributed by atoms with Gasteiger partial charge < -0.3 is 9.47 Å². The van der Waals surface area contributed by atoms with E-state index in [1.807, 2.05) is 19.1 Å². The van der Waals surface area contributed by atoms with Crippen LogP contribution >= 0.6 is 0 Å². The number of carbonyl (C=O) groups is 2. The molecule has 2 aromatic carbocycles. The molecule has 0 saturated heterocycles. The van der Waals surface area contributed by atoms with Crippen LogP contribution < -0.4 is 4.74 Å². The molecular formula is C21H24O4. The molecule has 4 nitrogen and oxygen atoms in total. The summed E-state index contributed by atoms with van der Waals surface area (Å²) in [4.78, 5) is 24.8. The molecule has 0 bridgehead atoms. The second-order valence-corrected chi connectivity index (χ2v) is 6.37. The molecule has 0 aliphatic rings. The van der Waals surface area contributed by atoms with E-state index in [1.54, 1.807) is 36.4 Å². The van der Waals surface area contributed by atoms with Gasteiger partial charge in [0, 0.05) is 0 Å². The van der Waals surface area contributed by atoms with Gasteiger partial charge in [0.2, 0.25) is 0 Å². The van der Waals surface area contributed by atoms with Crippen molar-refractivity contribution >= 4 is 11.9 Å². The maximum Gasteiger partial charge on any atom is 0.344 e. The molecule has 0 N–H and O–H groups in total. The SMILES string of the molecule is Cc1ccccc1OC(=O)c1ccccc1C(=O)OCCCC(C)C. The van der Waals surface area contributed by atoms with Crippen molar-refractivity contribution in [3.8, 4) is 5.75 Å². The average Bonchev–Trinajstić information content (AvgIpc) is 2.60. The van der Waals surface area contributed by atoms with Crippen LogP contribution in [-0.4, -0.2) is 18.5 Å². The molecule has 25 heavy (non-hydrogen) atoms. The van der Waals surface area contributed by atoms with E-state index in [0.29, 0.717) is 18.3 Å². The number of aryl methyl sites for hydroxylation is 1. The summed E-state index contributed by atoms with van der Waals surface area (Å²) in [5, 5.41) is 0. The van der Waals surface area contributed by atoms with Gasteiger partial charge in [0.15, 0.2) is 0 Å². The van der Waals surface area contributed by atoms with E-state index in [1.165, 1.54) is 0 Å². The van der Waals surface area contributed by atoms with E-state index < -0.39 is 11.9 Å². The van der Waals surface area contributed by atoms with E-state index in [9.17, 15) is 9.59 Å². The first-order valence-electron chi connectivity index (χ1n) is 8.53. The minimum absolute atomic E-state index is 0.208. The summed E-state index contributed by atoms with van der Waals surface area (Å²) in [5.74, 6) is -0.0206. The number of benzene rings is 2. The third kappa shape index (κ3) is 5.45. The topological polar surface area (TPSA) is 52.6 Å². The molecule has 0 heterocycles. The number of hydrogen-bond acceptors (Lipinski definition) is 4. The Morgan fingerprint density at radius 2 is 1.52 bits per heavy atom. The summed E-state index contributed by atoms with van der Waals surface area (Å²) in [5.41, 5.74) is 1.29. The summed E-state index contributed by atoms with van der Waals surface area (Å²) in [7, 11) is 0. The van der Waals surface area contributed by atoms with Crippen LogP contribution in [0.25, 0.3) is 0 Å². The fourth-order valence-corrected chi connectivity index (χ4v) is 2.40. The van der Waals surface area contributed by atoms with Crippen LogP contribution in [0.2, 0.25) is 0 Å². The van der Waals surface area contributed by atoms with Crippen molar-refractivity contribution in [1.29, 1.82) is 0 Å². The van der Waals surface area contributed by atoms with Gasteiger partial charge in [-0.05, 0) is 49.4 Å². The molecule has 0 radical (unpaired) electrons. The lowest BCUT2D eigenvalue weighted by atomic mass is 10.1. The smallest absolute Gasteiger partial charge is 0.344 e. The molecule has 0 spiro atoms. The fourth-order valence-electron chi connectivity index (χ4n) is 2.40. The molecule has 132 valence electrons. The molecular weight excluding hydrogens is 316 g/mol. The summed E-state index contributed by atoms with van der Waals surface area (Å²) < 4.78 is 10.7. The number of para-hydroxylation sites is 1. The Hall–Kier alpha value is -2.62. The van der Waals surface area contributed by atoms with E-state index in [4.69, 9.17) is 9.47 Å². The first-order chi connectivity index (χ1) is 12.0. The van der Waals surface area contributed by atoms with Gasteiger partial charge in [-0.25, -0.2) is 9.59 Å². The Labute approximate surface area is 148 Å². The minimum atomic E-state index is -0.566. The zero-order valence-corrected chi connectivity index (χ0v) is 15.0. The normalized spacial score (nSPS) is 10.6.